The van der Waals surface area contributed by atoms with Gasteiger partial charge in [-0.15, -0.1) is 0 Å². The molecule has 0 aliphatic carbocycles. The Balaban J connectivity index is 2.38. The predicted molar refractivity (Wildman–Crippen MR) is 77.6 cm³/mol. The highest BCUT2D eigenvalue weighted by Gasteiger charge is 2.32. The highest BCUT2D eigenvalue weighted by atomic mass is 32.2. The Hall–Kier alpha value is -0.790. The summed E-state index contributed by atoms with van der Waals surface area (Å²) in [5, 5.41) is -0.663. The monoisotopic (exact) mass is 304 g/mol. The van der Waals surface area contributed by atoms with E-state index in [4.69, 9.17) is 5.73 Å². The van der Waals surface area contributed by atoms with E-state index in [0.717, 1.165) is 5.75 Å². The van der Waals surface area contributed by atoms with Crippen LogP contribution in [0.3, 0.4) is 0 Å². The maximum atomic E-state index is 14.1. The largest absolute Gasteiger partial charge is 0.351 e. The van der Waals surface area contributed by atoms with E-state index in [1.54, 1.807) is 28.8 Å². The van der Waals surface area contributed by atoms with Gasteiger partial charge in [-0.05, 0) is 17.7 Å². The normalized spacial score (nSPS) is 20.6. The molecule has 1 aromatic carbocycles. The summed E-state index contributed by atoms with van der Waals surface area (Å²) in [7, 11) is -3.24. The van der Waals surface area contributed by atoms with E-state index in [2.05, 4.69) is 0 Å². The summed E-state index contributed by atoms with van der Waals surface area (Å²) < 4.78 is 37.7. The maximum absolute atomic E-state index is 14.1. The van der Waals surface area contributed by atoms with E-state index in [9.17, 15) is 12.8 Å². The topological polar surface area (TPSA) is 63.4 Å². The molecular weight excluding hydrogens is 287 g/mol. The van der Waals surface area contributed by atoms with Crippen molar-refractivity contribution < 1.29 is 12.8 Å². The second kappa shape index (κ2) is 5.68. The van der Waals surface area contributed by atoms with E-state index in [1.165, 1.54) is 12.3 Å². The van der Waals surface area contributed by atoms with E-state index in [-0.39, 0.29) is 6.54 Å². The molecule has 1 aromatic rings. The van der Waals surface area contributed by atoms with Crippen LogP contribution in [0.25, 0.3) is 0 Å². The quantitative estimate of drug-likeness (QED) is 0.909. The van der Waals surface area contributed by atoms with E-state index in [1.807, 2.05) is 0 Å². The van der Waals surface area contributed by atoms with Gasteiger partial charge in [-0.3, -0.25) is 0 Å². The second-order valence-corrected chi connectivity index (χ2v) is 7.90. The summed E-state index contributed by atoms with van der Waals surface area (Å²) >= 11 is 1.58. The fraction of sp³-hybridized carbons (Fsp3) is 0.500. The van der Waals surface area contributed by atoms with Gasteiger partial charge in [0.1, 0.15) is 11.2 Å². The highest BCUT2D eigenvalue weighted by Crippen LogP contribution is 2.29. The van der Waals surface area contributed by atoms with Gasteiger partial charge in [-0.25, -0.2) is 12.8 Å². The molecule has 0 bridgehead atoms. The molecule has 1 heterocycles. The molecule has 4 nitrogen and oxygen atoms in total. The van der Waals surface area contributed by atoms with Crippen molar-refractivity contribution in [2.75, 3.05) is 29.2 Å². The first-order valence-corrected chi connectivity index (χ1v) is 9.06. The molecule has 1 aliphatic heterocycles. The molecule has 0 amide bonds. The molecule has 19 heavy (non-hydrogen) atoms. The number of hydrogen-bond donors (Lipinski definition) is 1. The van der Waals surface area contributed by atoms with Crippen molar-refractivity contribution in [3.05, 3.63) is 29.6 Å². The first-order chi connectivity index (χ1) is 8.93. The first-order valence-electron chi connectivity index (χ1n) is 5.95. The van der Waals surface area contributed by atoms with Crippen LogP contribution >= 0.6 is 11.8 Å². The van der Waals surface area contributed by atoms with Crippen LogP contribution in [0.4, 0.5) is 10.1 Å². The zero-order valence-corrected chi connectivity index (χ0v) is 12.3. The first kappa shape index (κ1) is 14.6. The molecule has 7 heteroatoms. The zero-order chi connectivity index (χ0) is 14.0. The number of thioether (sulfide) groups is 1. The van der Waals surface area contributed by atoms with Crippen LogP contribution in [0.1, 0.15) is 5.56 Å². The molecule has 1 atom stereocenters. The van der Waals surface area contributed by atoms with Gasteiger partial charge in [0.25, 0.3) is 0 Å². The minimum atomic E-state index is -3.24. The Morgan fingerprint density at radius 2 is 2.26 bits per heavy atom. The van der Waals surface area contributed by atoms with Crippen LogP contribution in [0.15, 0.2) is 18.2 Å². The van der Waals surface area contributed by atoms with E-state index < -0.39 is 21.0 Å². The van der Waals surface area contributed by atoms with Gasteiger partial charge in [0.15, 0.2) is 9.84 Å². The average Bonchev–Trinajstić information content (AvgIpc) is 2.37. The lowest BCUT2D eigenvalue weighted by atomic mass is 10.2. The van der Waals surface area contributed by atoms with Crippen LogP contribution in [-0.2, 0) is 16.4 Å². The number of halogens is 1. The Labute approximate surface area is 117 Å². The van der Waals surface area contributed by atoms with Crippen molar-refractivity contribution >= 4 is 27.3 Å². The Morgan fingerprint density at radius 3 is 2.84 bits per heavy atom. The van der Waals surface area contributed by atoms with Gasteiger partial charge in [0, 0.05) is 30.9 Å². The standard InChI is InChI=1S/C12H17FN2O2S2/c1-19(16,17)12-8-18-5-4-15(12)11-3-2-9(7-14)6-10(11)13/h2-3,6,12H,4-5,7-8,14H2,1H3. The summed E-state index contributed by atoms with van der Waals surface area (Å²) in [6.07, 6.45) is 1.20. The molecule has 0 saturated carbocycles. The maximum Gasteiger partial charge on any atom is 0.169 e. The molecule has 2 N–H and O–H groups in total. The number of rotatable bonds is 3. The third-order valence-corrected chi connectivity index (χ3v) is 5.78. The predicted octanol–water partition coefficient (Wildman–Crippen LogP) is 1.21. The van der Waals surface area contributed by atoms with Crippen LogP contribution in [0.5, 0.6) is 0 Å². The Kier molecular flexibility index (Phi) is 4.37. The van der Waals surface area contributed by atoms with E-state index >= 15 is 0 Å². The van der Waals surface area contributed by atoms with E-state index in [0.29, 0.717) is 23.5 Å². The van der Waals surface area contributed by atoms with Crippen LogP contribution in [0.2, 0.25) is 0 Å². The molecule has 1 fully saturated rings. The van der Waals surface area contributed by atoms with Crippen molar-refractivity contribution in [3.8, 4) is 0 Å². The highest BCUT2D eigenvalue weighted by molar-refractivity contribution is 8.01. The second-order valence-electron chi connectivity index (χ2n) is 4.54. The van der Waals surface area contributed by atoms with Crippen LogP contribution in [-0.4, -0.2) is 38.1 Å². The zero-order valence-electron chi connectivity index (χ0n) is 10.7. The third-order valence-electron chi connectivity index (χ3n) is 3.14. The van der Waals surface area contributed by atoms with Crippen molar-refractivity contribution in [3.63, 3.8) is 0 Å². The number of nitrogens with two attached hydrogens (primary N) is 1. The minimum absolute atomic E-state index is 0.266. The molecule has 106 valence electrons. The molecule has 0 spiro atoms. The minimum Gasteiger partial charge on any atom is -0.351 e. The van der Waals surface area contributed by atoms with Crippen LogP contribution in [0, 0.1) is 5.82 Å². The Bertz CT molecular complexity index is 563. The lowest BCUT2D eigenvalue weighted by Gasteiger charge is -2.36. The fourth-order valence-electron chi connectivity index (χ4n) is 2.12. The SMILES string of the molecule is CS(=O)(=O)C1CSCCN1c1ccc(CN)cc1F. The molecular formula is C12H17FN2O2S2. The van der Waals surface area contributed by atoms with Crippen molar-refractivity contribution in [1.82, 2.24) is 0 Å². The fourth-order valence-corrected chi connectivity index (χ4v) is 4.95. The lowest BCUT2D eigenvalue weighted by Crippen LogP contribution is -2.47. The summed E-state index contributed by atoms with van der Waals surface area (Å²) in [5.74, 6) is 0.851. The summed E-state index contributed by atoms with van der Waals surface area (Å²) in [6.45, 7) is 0.795. The number of nitrogens with zero attached hydrogens (tertiary/aromatic N) is 1. The molecule has 1 unspecified atom stereocenters. The van der Waals surface area contributed by atoms with Crippen molar-refractivity contribution in [1.29, 1.82) is 0 Å². The summed E-state index contributed by atoms with van der Waals surface area (Å²) in [5.41, 5.74) is 6.50. The summed E-state index contributed by atoms with van der Waals surface area (Å²) in [4.78, 5) is 1.64. The van der Waals surface area contributed by atoms with Gasteiger partial charge >= 0.3 is 0 Å². The van der Waals surface area contributed by atoms with Gasteiger partial charge in [0.2, 0.25) is 0 Å². The van der Waals surface area contributed by atoms with Gasteiger partial charge in [-0.2, -0.15) is 11.8 Å². The number of benzene rings is 1. The number of sulfone groups is 1. The molecule has 0 radical (unpaired) electrons. The van der Waals surface area contributed by atoms with Gasteiger partial charge in [0.05, 0.1) is 5.69 Å². The average molecular weight is 304 g/mol. The Morgan fingerprint density at radius 1 is 1.53 bits per heavy atom. The van der Waals surface area contributed by atoms with Gasteiger partial charge < -0.3 is 10.6 Å². The van der Waals surface area contributed by atoms with Crippen LogP contribution < -0.4 is 10.6 Å². The smallest absolute Gasteiger partial charge is 0.169 e. The number of hydrogen-bond acceptors (Lipinski definition) is 5. The third kappa shape index (κ3) is 3.21. The van der Waals surface area contributed by atoms with Crippen molar-refractivity contribution in [2.45, 2.75) is 11.9 Å². The van der Waals surface area contributed by atoms with Gasteiger partial charge in [-0.1, -0.05) is 6.07 Å². The molecule has 1 aliphatic rings. The summed E-state index contributed by atoms with van der Waals surface area (Å²) in [6, 6.07) is 4.72. The molecule has 0 aromatic heterocycles. The molecule has 2 rings (SSSR count). The number of anilines is 1. The lowest BCUT2D eigenvalue weighted by molar-refractivity contribution is 0.578. The van der Waals surface area contributed by atoms with Crippen molar-refractivity contribution in [2.24, 2.45) is 5.73 Å². The molecule has 1 saturated heterocycles.